The first-order chi connectivity index (χ1) is 8.06. The van der Waals surface area contributed by atoms with Crippen LogP contribution in [-0.2, 0) is 22.8 Å². The SMILES string of the molecule is CO[Si](CCCC1CC(=O)OC1O)(OC)OC. The lowest BCUT2D eigenvalue weighted by Crippen LogP contribution is -2.42. The third-order valence-electron chi connectivity index (χ3n) is 3.08. The summed E-state index contributed by atoms with van der Waals surface area (Å²) in [6.45, 7) is 0. The summed E-state index contributed by atoms with van der Waals surface area (Å²) in [5.74, 6) is -0.462. The highest BCUT2D eigenvalue weighted by Crippen LogP contribution is 2.27. The quantitative estimate of drug-likeness (QED) is 0.534. The van der Waals surface area contributed by atoms with Gasteiger partial charge in [-0.1, -0.05) is 0 Å². The molecule has 1 heterocycles. The van der Waals surface area contributed by atoms with Gasteiger partial charge in [0.25, 0.3) is 0 Å². The van der Waals surface area contributed by atoms with Gasteiger partial charge in [0.05, 0.1) is 6.42 Å². The molecule has 0 aromatic rings. The molecule has 17 heavy (non-hydrogen) atoms. The van der Waals surface area contributed by atoms with Crippen molar-refractivity contribution in [3.63, 3.8) is 0 Å². The Bertz CT molecular complexity index is 247. The van der Waals surface area contributed by atoms with Crippen molar-refractivity contribution in [2.75, 3.05) is 21.3 Å². The van der Waals surface area contributed by atoms with Crippen LogP contribution in [0.2, 0.25) is 6.04 Å². The Hall–Kier alpha value is -0.473. The average molecular weight is 264 g/mol. The predicted molar refractivity (Wildman–Crippen MR) is 61.0 cm³/mol. The molecule has 2 atom stereocenters. The summed E-state index contributed by atoms with van der Waals surface area (Å²) >= 11 is 0. The van der Waals surface area contributed by atoms with Gasteiger partial charge in [-0.2, -0.15) is 0 Å². The molecule has 0 aromatic carbocycles. The summed E-state index contributed by atoms with van der Waals surface area (Å²) in [5, 5.41) is 9.43. The topological polar surface area (TPSA) is 74.2 Å². The number of hydrogen-bond acceptors (Lipinski definition) is 6. The Balaban J connectivity index is 2.34. The smallest absolute Gasteiger partial charge is 0.436 e. The second-order valence-electron chi connectivity index (χ2n) is 4.03. The molecule has 1 fully saturated rings. The van der Waals surface area contributed by atoms with Crippen molar-refractivity contribution in [3.8, 4) is 0 Å². The first-order valence-electron chi connectivity index (χ1n) is 5.60. The Labute approximate surface area is 102 Å². The van der Waals surface area contributed by atoms with E-state index in [0.717, 1.165) is 6.42 Å². The zero-order valence-electron chi connectivity index (χ0n) is 10.5. The lowest BCUT2D eigenvalue weighted by atomic mass is 10.0. The minimum absolute atomic E-state index is 0.125. The molecular weight excluding hydrogens is 244 g/mol. The van der Waals surface area contributed by atoms with Gasteiger partial charge in [-0.15, -0.1) is 0 Å². The van der Waals surface area contributed by atoms with Crippen molar-refractivity contribution in [2.24, 2.45) is 5.92 Å². The predicted octanol–water partition coefficient (Wildman–Crippen LogP) is 0.526. The Morgan fingerprint density at radius 3 is 2.35 bits per heavy atom. The van der Waals surface area contributed by atoms with Crippen LogP contribution in [-0.4, -0.2) is 47.5 Å². The summed E-state index contributed by atoms with van der Waals surface area (Å²) in [6, 6.07) is 0.661. The van der Waals surface area contributed by atoms with Crippen LogP contribution in [0, 0.1) is 5.92 Å². The molecule has 7 heteroatoms. The monoisotopic (exact) mass is 264 g/mol. The molecule has 2 unspecified atom stereocenters. The molecule has 1 aliphatic heterocycles. The summed E-state index contributed by atoms with van der Waals surface area (Å²) < 4.78 is 20.5. The van der Waals surface area contributed by atoms with Crippen LogP contribution >= 0.6 is 0 Å². The van der Waals surface area contributed by atoms with Gasteiger partial charge in [0.2, 0.25) is 6.29 Å². The maximum absolute atomic E-state index is 10.9. The van der Waals surface area contributed by atoms with E-state index < -0.39 is 15.1 Å². The fourth-order valence-electron chi connectivity index (χ4n) is 1.98. The van der Waals surface area contributed by atoms with Gasteiger partial charge in [0.1, 0.15) is 0 Å². The van der Waals surface area contributed by atoms with Gasteiger partial charge >= 0.3 is 14.8 Å². The van der Waals surface area contributed by atoms with E-state index in [1.807, 2.05) is 0 Å². The second-order valence-corrected chi connectivity index (χ2v) is 7.12. The number of aliphatic hydroxyl groups is 1. The fourth-order valence-corrected chi connectivity index (χ4v) is 3.72. The van der Waals surface area contributed by atoms with Gasteiger partial charge < -0.3 is 23.1 Å². The van der Waals surface area contributed by atoms with Gasteiger partial charge in [-0.05, 0) is 12.8 Å². The van der Waals surface area contributed by atoms with Crippen LogP contribution in [0.15, 0.2) is 0 Å². The van der Waals surface area contributed by atoms with E-state index in [4.69, 9.17) is 13.3 Å². The molecule has 0 amide bonds. The molecule has 0 aliphatic carbocycles. The molecule has 1 saturated heterocycles. The number of esters is 1. The van der Waals surface area contributed by atoms with Crippen molar-refractivity contribution in [1.29, 1.82) is 0 Å². The molecule has 0 radical (unpaired) electrons. The van der Waals surface area contributed by atoms with Crippen LogP contribution < -0.4 is 0 Å². The molecule has 1 N–H and O–H groups in total. The number of rotatable bonds is 7. The number of ether oxygens (including phenoxy) is 1. The maximum Gasteiger partial charge on any atom is 0.500 e. The maximum atomic E-state index is 10.9. The molecule has 0 saturated carbocycles. The number of carbonyl (C=O) groups excluding carboxylic acids is 1. The number of aliphatic hydroxyl groups excluding tert-OH is 1. The van der Waals surface area contributed by atoms with Crippen LogP contribution in [0.5, 0.6) is 0 Å². The number of hydrogen-bond donors (Lipinski definition) is 1. The molecule has 1 aliphatic rings. The summed E-state index contributed by atoms with van der Waals surface area (Å²) in [5.41, 5.74) is 0. The van der Waals surface area contributed by atoms with E-state index in [2.05, 4.69) is 4.74 Å². The highest BCUT2D eigenvalue weighted by molar-refractivity contribution is 6.60. The molecule has 0 aromatic heterocycles. The van der Waals surface area contributed by atoms with Gasteiger partial charge in [0.15, 0.2) is 0 Å². The lowest BCUT2D eigenvalue weighted by Gasteiger charge is -2.24. The lowest BCUT2D eigenvalue weighted by molar-refractivity contribution is -0.156. The largest absolute Gasteiger partial charge is 0.500 e. The molecule has 6 nitrogen and oxygen atoms in total. The average Bonchev–Trinajstić information content (AvgIpc) is 2.64. The first-order valence-corrected chi connectivity index (χ1v) is 7.53. The summed E-state index contributed by atoms with van der Waals surface area (Å²) in [7, 11) is 2.16. The van der Waals surface area contributed by atoms with Gasteiger partial charge in [-0.25, -0.2) is 0 Å². The van der Waals surface area contributed by atoms with Crippen molar-refractivity contribution in [1.82, 2.24) is 0 Å². The van der Waals surface area contributed by atoms with E-state index in [0.29, 0.717) is 12.5 Å². The van der Waals surface area contributed by atoms with E-state index in [1.54, 1.807) is 21.3 Å². The van der Waals surface area contributed by atoms with E-state index in [-0.39, 0.29) is 18.3 Å². The zero-order chi connectivity index (χ0) is 12.9. The number of cyclic esters (lactones) is 1. The molecule has 100 valence electrons. The van der Waals surface area contributed by atoms with E-state index in [9.17, 15) is 9.90 Å². The van der Waals surface area contributed by atoms with Crippen molar-refractivity contribution in [3.05, 3.63) is 0 Å². The third-order valence-corrected chi connectivity index (χ3v) is 5.91. The molecule has 0 spiro atoms. The van der Waals surface area contributed by atoms with Crippen LogP contribution in [0.4, 0.5) is 0 Å². The van der Waals surface area contributed by atoms with E-state index in [1.165, 1.54) is 0 Å². The third kappa shape index (κ3) is 3.75. The van der Waals surface area contributed by atoms with E-state index >= 15 is 0 Å². The Kier molecular flexibility index (Phi) is 5.54. The normalized spacial score (nSPS) is 25.1. The highest BCUT2D eigenvalue weighted by Gasteiger charge is 2.39. The van der Waals surface area contributed by atoms with Crippen molar-refractivity contribution < 1.29 is 27.9 Å². The van der Waals surface area contributed by atoms with Crippen molar-refractivity contribution in [2.45, 2.75) is 31.6 Å². The molecule has 0 bridgehead atoms. The summed E-state index contributed by atoms with van der Waals surface area (Å²) in [6.07, 6.45) is 0.770. The fraction of sp³-hybridized carbons (Fsp3) is 0.900. The molecule has 1 rings (SSSR count). The van der Waals surface area contributed by atoms with Crippen molar-refractivity contribution >= 4 is 14.8 Å². The highest BCUT2D eigenvalue weighted by atomic mass is 28.4. The number of carbonyl (C=O) groups is 1. The van der Waals surface area contributed by atoms with Crippen LogP contribution in [0.25, 0.3) is 0 Å². The Morgan fingerprint density at radius 1 is 1.35 bits per heavy atom. The van der Waals surface area contributed by atoms with Crippen LogP contribution in [0.1, 0.15) is 19.3 Å². The zero-order valence-corrected chi connectivity index (χ0v) is 11.5. The Morgan fingerprint density at radius 2 is 1.94 bits per heavy atom. The standard InChI is InChI=1S/C10H20O6Si/c1-13-17(14-2,15-3)6-4-5-8-7-9(11)16-10(8)12/h8,10,12H,4-7H2,1-3H3. The molecular formula is C10H20O6Si. The van der Waals surface area contributed by atoms with Gasteiger partial charge in [0, 0.05) is 33.3 Å². The van der Waals surface area contributed by atoms with Crippen LogP contribution in [0.3, 0.4) is 0 Å². The minimum Gasteiger partial charge on any atom is -0.436 e. The van der Waals surface area contributed by atoms with Gasteiger partial charge in [-0.3, -0.25) is 4.79 Å². The summed E-state index contributed by atoms with van der Waals surface area (Å²) in [4.78, 5) is 10.9. The first kappa shape index (κ1) is 14.6. The second kappa shape index (κ2) is 6.46. The minimum atomic E-state index is -2.54.